The third-order valence-corrected chi connectivity index (χ3v) is 5.53. The van der Waals surface area contributed by atoms with Crippen molar-refractivity contribution in [1.29, 1.82) is 0 Å². The van der Waals surface area contributed by atoms with Gasteiger partial charge < -0.3 is 18.9 Å². The molecule has 1 aliphatic rings. The average molecular weight is 518 g/mol. The van der Waals surface area contributed by atoms with Crippen LogP contribution < -0.4 is 4.74 Å². The van der Waals surface area contributed by atoms with Gasteiger partial charge in [0.05, 0.1) is 13.7 Å². The number of amides is 2. The van der Waals surface area contributed by atoms with Crippen molar-refractivity contribution in [3.8, 4) is 5.75 Å². The third kappa shape index (κ3) is 6.09. The van der Waals surface area contributed by atoms with Crippen LogP contribution in [0.3, 0.4) is 0 Å². The number of hydrazine groups is 1. The molecule has 196 valence electrons. The van der Waals surface area contributed by atoms with Crippen LogP contribution in [-0.4, -0.2) is 47.7 Å². The largest absolute Gasteiger partial charge is 0.497 e. The summed E-state index contributed by atoms with van der Waals surface area (Å²) in [6.45, 7) is 1.51. The Bertz CT molecular complexity index is 1280. The normalized spacial score (nSPS) is 14.5. The molecule has 1 atom stereocenters. The topological polar surface area (TPSA) is 107 Å². The fourth-order valence-electron chi connectivity index (χ4n) is 3.69. The first-order valence-corrected chi connectivity index (χ1v) is 11.9. The predicted molar refractivity (Wildman–Crippen MR) is 137 cm³/mol. The molecule has 4 rings (SSSR count). The van der Waals surface area contributed by atoms with E-state index in [0.29, 0.717) is 11.3 Å². The smallest absolute Gasteiger partial charge is 0.435 e. The van der Waals surface area contributed by atoms with Gasteiger partial charge >= 0.3 is 18.2 Å². The van der Waals surface area contributed by atoms with Gasteiger partial charge in [0, 0.05) is 0 Å². The number of hydrogen-bond donors (Lipinski definition) is 0. The maximum absolute atomic E-state index is 13.4. The summed E-state index contributed by atoms with van der Waals surface area (Å²) in [7, 11) is 1.53. The SMILES string of the molecule is CCOC(=O)C1=NC(c2ccc(OC)cc2)N(C(=O)OCc2ccccc2)N1C(=O)OCc1ccccc1. The van der Waals surface area contributed by atoms with Crippen LogP contribution in [0.1, 0.15) is 29.8 Å². The Hall–Kier alpha value is -4.86. The molecule has 0 fully saturated rings. The number of amidine groups is 1. The number of methoxy groups -OCH3 is 1. The summed E-state index contributed by atoms with van der Waals surface area (Å²) in [5, 5.41) is 1.72. The Kier molecular flexibility index (Phi) is 8.55. The van der Waals surface area contributed by atoms with Crippen molar-refractivity contribution in [3.05, 3.63) is 102 Å². The molecule has 0 aromatic heterocycles. The zero-order chi connectivity index (χ0) is 26.9. The molecule has 10 nitrogen and oxygen atoms in total. The highest BCUT2D eigenvalue weighted by atomic mass is 16.6. The summed E-state index contributed by atoms with van der Waals surface area (Å²) < 4.78 is 21.3. The summed E-state index contributed by atoms with van der Waals surface area (Å²) in [5.41, 5.74) is 1.97. The fraction of sp³-hybridized carbons (Fsp3) is 0.214. The fourth-order valence-corrected chi connectivity index (χ4v) is 3.69. The van der Waals surface area contributed by atoms with Crippen molar-refractivity contribution in [2.75, 3.05) is 13.7 Å². The zero-order valence-electron chi connectivity index (χ0n) is 21.0. The van der Waals surface area contributed by atoms with Crippen LogP contribution in [0.2, 0.25) is 0 Å². The first-order valence-electron chi connectivity index (χ1n) is 11.9. The minimum absolute atomic E-state index is 0.0381. The van der Waals surface area contributed by atoms with Crippen molar-refractivity contribution >= 4 is 24.0 Å². The summed E-state index contributed by atoms with van der Waals surface area (Å²) in [4.78, 5) is 44.1. The van der Waals surface area contributed by atoms with E-state index >= 15 is 0 Å². The first kappa shape index (κ1) is 26.2. The summed E-state index contributed by atoms with van der Waals surface area (Å²) in [5.74, 6) is -0.706. The molecule has 0 spiro atoms. The highest BCUT2D eigenvalue weighted by Crippen LogP contribution is 2.33. The lowest BCUT2D eigenvalue weighted by atomic mass is 10.1. The Balaban J connectivity index is 1.67. The third-order valence-electron chi connectivity index (χ3n) is 5.53. The first-order chi connectivity index (χ1) is 18.5. The van der Waals surface area contributed by atoms with Crippen molar-refractivity contribution in [2.24, 2.45) is 4.99 Å². The Morgan fingerprint density at radius 3 is 1.84 bits per heavy atom. The van der Waals surface area contributed by atoms with Gasteiger partial charge in [0.15, 0.2) is 6.17 Å². The molecular weight excluding hydrogens is 490 g/mol. The second-order valence-corrected chi connectivity index (χ2v) is 8.06. The van der Waals surface area contributed by atoms with E-state index in [1.165, 1.54) is 7.11 Å². The molecule has 1 unspecified atom stereocenters. The number of carbonyl (C=O) groups excluding carboxylic acids is 3. The highest BCUT2D eigenvalue weighted by molar-refractivity contribution is 6.38. The van der Waals surface area contributed by atoms with E-state index < -0.39 is 30.2 Å². The van der Waals surface area contributed by atoms with E-state index in [0.717, 1.165) is 21.1 Å². The summed E-state index contributed by atoms with van der Waals surface area (Å²) in [6.07, 6.45) is -3.00. The van der Waals surface area contributed by atoms with Crippen molar-refractivity contribution < 1.29 is 33.3 Å². The molecule has 1 aliphatic heterocycles. The Labute approximate surface area is 220 Å². The van der Waals surface area contributed by atoms with E-state index in [4.69, 9.17) is 18.9 Å². The van der Waals surface area contributed by atoms with Gasteiger partial charge in [-0.3, -0.25) is 0 Å². The molecule has 0 saturated carbocycles. The van der Waals surface area contributed by atoms with Gasteiger partial charge in [-0.15, -0.1) is 0 Å². The van der Waals surface area contributed by atoms with Crippen molar-refractivity contribution in [3.63, 3.8) is 0 Å². The molecule has 0 saturated heterocycles. The number of ether oxygens (including phenoxy) is 4. The monoisotopic (exact) mass is 517 g/mol. The highest BCUT2D eigenvalue weighted by Gasteiger charge is 2.47. The average Bonchev–Trinajstić information content (AvgIpc) is 3.37. The van der Waals surface area contributed by atoms with E-state index in [1.807, 2.05) is 24.3 Å². The lowest BCUT2D eigenvalue weighted by Gasteiger charge is -2.30. The molecule has 0 radical (unpaired) electrons. The number of carbonyl (C=O) groups is 3. The molecule has 0 aliphatic carbocycles. The molecule has 2 amide bonds. The van der Waals surface area contributed by atoms with E-state index in [-0.39, 0.29) is 19.8 Å². The van der Waals surface area contributed by atoms with Gasteiger partial charge in [-0.2, -0.15) is 10.0 Å². The van der Waals surface area contributed by atoms with Crippen LogP contribution in [0.5, 0.6) is 5.75 Å². The molecule has 3 aromatic carbocycles. The van der Waals surface area contributed by atoms with Gasteiger partial charge in [-0.1, -0.05) is 72.8 Å². The van der Waals surface area contributed by atoms with Crippen LogP contribution in [0.4, 0.5) is 9.59 Å². The van der Waals surface area contributed by atoms with Crippen molar-refractivity contribution in [2.45, 2.75) is 26.3 Å². The molecule has 0 N–H and O–H groups in total. The van der Waals surface area contributed by atoms with Crippen LogP contribution >= 0.6 is 0 Å². The minimum atomic E-state index is -1.10. The number of rotatable bonds is 8. The van der Waals surface area contributed by atoms with Crippen LogP contribution in [0, 0.1) is 0 Å². The quantitative estimate of drug-likeness (QED) is 0.310. The lowest BCUT2D eigenvalue weighted by molar-refractivity contribution is -0.136. The predicted octanol–water partition coefficient (Wildman–Crippen LogP) is 4.86. The molecule has 3 aromatic rings. The Morgan fingerprint density at radius 1 is 0.763 bits per heavy atom. The van der Waals surface area contributed by atoms with Crippen LogP contribution in [0.15, 0.2) is 89.9 Å². The van der Waals surface area contributed by atoms with E-state index in [9.17, 15) is 14.4 Å². The number of esters is 1. The van der Waals surface area contributed by atoms with Crippen LogP contribution in [0.25, 0.3) is 0 Å². The Morgan fingerprint density at radius 2 is 1.32 bits per heavy atom. The maximum Gasteiger partial charge on any atom is 0.435 e. The van der Waals surface area contributed by atoms with Crippen LogP contribution in [-0.2, 0) is 32.2 Å². The van der Waals surface area contributed by atoms with Gasteiger partial charge in [0.1, 0.15) is 19.0 Å². The number of hydrogen-bond acceptors (Lipinski definition) is 8. The standard InChI is InChI=1S/C28H27N3O7/c1-3-36-26(32)25-29-24(22-14-16-23(35-2)17-15-22)30(27(33)37-18-20-10-6-4-7-11-20)31(25)28(34)38-19-21-12-8-5-9-13-21/h4-17,24H,3,18-19H2,1-2H3. The van der Waals surface area contributed by atoms with E-state index in [1.54, 1.807) is 67.6 Å². The second-order valence-electron chi connectivity index (χ2n) is 8.06. The zero-order valence-corrected chi connectivity index (χ0v) is 21.0. The van der Waals surface area contributed by atoms with Crippen molar-refractivity contribution in [1.82, 2.24) is 10.0 Å². The number of nitrogens with zero attached hydrogens (tertiary/aromatic N) is 3. The van der Waals surface area contributed by atoms with E-state index in [2.05, 4.69) is 4.99 Å². The summed E-state index contributed by atoms with van der Waals surface area (Å²) >= 11 is 0. The molecular formula is C28H27N3O7. The van der Waals surface area contributed by atoms with Gasteiger partial charge in [0.2, 0.25) is 5.84 Å². The maximum atomic E-state index is 13.4. The lowest BCUT2D eigenvalue weighted by Crippen LogP contribution is -2.51. The molecule has 0 bridgehead atoms. The molecule has 1 heterocycles. The van der Waals surface area contributed by atoms with Gasteiger partial charge in [-0.05, 0) is 35.7 Å². The number of aliphatic imine (C=N–C) groups is 1. The van der Waals surface area contributed by atoms with Gasteiger partial charge in [-0.25, -0.2) is 19.4 Å². The minimum Gasteiger partial charge on any atom is -0.497 e. The molecule has 38 heavy (non-hydrogen) atoms. The van der Waals surface area contributed by atoms with Gasteiger partial charge in [0.25, 0.3) is 0 Å². The number of benzene rings is 3. The molecule has 10 heteroatoms. The summed E-state index contributed by atoms with van der Waals surface area (Å²) in [6, 6.07) is 24.8. The second kappa shape index (κ2) is 12.4.